The van der Waals surface area contributed by atoms with Crippen LogP contribution in [0.5, 0.6) is 0 Å². The first kappa shape index (κ1) is 14.8. The second kappa shape index (κ2) is 7.85. The van der Waals surface area contributed by atoms with E-state index >= 15 is 0 Å². The van der Waals surface area contributed by atoms with Crippen molar-refractivity contribution in [1.82, 2.24) is 15.1 Å². The number of hydrogen-bond acceptors (Lipinski definition) is 2. The summed E-state index contributed by atoms with van der Waals surface area (Å²) in [6, 6.07) is 11.0. The van der Waals surface area contributed by atoms with E-state index in [2.05, 4.69) is 59.4 Å². The minimum atomic E-state index is 0.592. The Bertz CT molecular complexity index is 488. The van der Waals surface area contributed by atoms with E-state index in [1.165, 1.54) is 30.4 Å². The van der Waals surface area contributed by atoms with Gasteiger partial charge in [0.15, 0.2) is 0 Å². The third kappa shape index (κ3) is 4.82. The van der Waals surface area contributed by atoms with E-state index in [4.69, 9.17) is 0 Å². The molecule has 0 aliphatic rings. The lowest BCUT2D eigenvalue weighted by Crippen LogP contribution is -2.23. The van der Waals surface area contributed by atoms with Crippen LogP contribution in [0.4, 0.5) is 0 Å². The van der Waals surface area contributed by atoms with Crippen molar-refractivity contribution in [2.75, 3.05) is 6.54 Å². The van der Waals surface area contributed by atoms with Crippen LogP contribution in [0.3, 0.4) is 0 Å². The van der Waals surface area contributed by atoms with Crippen LogP contribution in [-0.4, -0.2) is 22.4 Å². The van der Waals surface area contributed by atoms with Crippen LogP contribution in [0.15, 0.2) is 42.7 Å². The van der Waals surface area contributed by atoms with Crippen LogP contribution in [0.25, 0.3) is 11.1 Å². The number of rotatable bonds is 8. The summed E-state index contributed by atoms with van der Waals surface area (Å²) >= 11 is 0. The third-order valence-electron chi connectivity index (χ3n) is 3.36. The van der Waals surface area contributed by atoms with Crippen molar-refractivity contribution in [2.24, 2.45) is 0 Å². The Morgan fingerprint density at radius 1 is 1.05 bits per heavy atom. The number of benzene rings is 1. The van der Waals surface area contributed by atoms with Crippen molar-refractivity contribution in [3.05, 3.63) is 42.7 Å². The van der Waals surface area contributed by atoms with Crippen molar-refractivity contribution in [3.63, 3.8) is 0 Å². The Kier molecular flexibility index (Phi) is 5.81. The maximum Gasteiger partial charge on any atom is 0.0568 e. The fraction of sp³-hybridized carbons (Fsp3) is 0.471. The number of nitrogens with zero attached hydrogens (tertiary/aromatic N) is 2. The molecule has 1 N–H and O–H groups in total. The minimum Gasteiger partial charge on any atom is -0.315 e. The number of nitrogens with one attached hydrogen (secondary N) is 1. The predicted molar refractivity (Wildman–Crippen MR) is 84.7 cm³/mol. The SMILES string of the molecule is CC(C)NCCCCCn1cc(-c2ccccc2)cn1. The second-order valence-corrected chi connectivity index (χ2v) is 5.53. The molecular weight excluding hydrogens is 246 g/mol. The normalized spacial score (nSPS) is 11.2. The molecule has 0 saturated carbocycles. The van der Waals surface area contributed by atoms with Crippen molar-refractivity contribution in [3.8, 4) is 11.1 Å². The van der Waals surface area contributed by atoms with E-state index in [-0.39, 0.29) is 0 Å². The predicted octanol–water partition coefficient (Wildman–Crippen LogP) is 3.72. The summed E-state index contributed by atoms with van der Waals surface area (Å²) in [6.07, 6.45) is 7.78. The third-order valence-corrected chi connectivity index (χ3v) is 3.36. The van der Waals surface area contributed by atoms with Gasteiger partial charge in [0.2, 0.25) is 0 Å². The summed E-state index contributed by atoms with van der Waals surface area (Å²) in [4.78, 5) is 0. The van der Waals surface area contributed by atoms with Crippen LogP contribution in [-0.2, 0) is 6.54 Å². The molecule has 0 unspecified atom stereocenters. The first-order valence-electron chi connectivity index (χ1n) is 7.57. The van der Waals surface area contributed by atoms with Crippen LogP contribution in [0.2, 0.25) is 0 Å². The number of hydrogen-bond donors (Lipinski definition) is 1. The van der Waals surface area contributed by atoms with Crippen molar-refractivity contribution in [1.29, 1.82) is 0 Å². The monoisotopic (exact) mass is 271 g/mol. The standard InChI is InChI=1S/C17H25N3/c1-15(2)18-11-7-4-8-12-20-14-17(13-19-20)16-9-5-3-6-10-16/h3,5-6,9-10,13-15,18H,4,7-8,11-12H2,1-2H3. The van der Waals surface area contributed by atoms with Crippen LogP contribution in [0, 0.1) is 0 Å². The fourth-order valence-electron chi connectivity index (χ4n) is 2.23. The maximum atomic E-state index is 4.44. The molecule has 2 rings (SSSR count). The molecule has 108 valence electrons. The Hall–Kier alpha value is -1.61. The van der Waals surface area contributed by atoms with E-state index in [0.29, 0.717) is 6.04 Å². The largest absolute Gasteiger partial charge is 0.315 e. The van der Waals surface area contributed by atoms with Crippen molar-refractivity contribution in [2.45, 2.75) is 45.7 Å². The molecule has 0 saturated heterocycles. The quantitative estimate of drug-likeness (QED) is 0.742. The summed E-state index contributed by atoms with van der Waals surface area (Å²) in [5.74, 6) is 0. The molecule has 0 fully saturated rings. The summed E-state index contributed by atoms with van der Waals surface area (Å²) < 4.78 is 2.05. The summed E-state index contributed by atoms with van der Waals surface area (Å²) in [6.45, 7) is 6.50. The van der Waals surface area contributed by atoms with Gasteiger partial charge in [0, 0.05) is 24.3 Å². The summed E-state index contributed by atoms with van der Waals surface area (Å²) in [5, 5.41) is 7.89. The number of aryl methyl sites for hydroxylation is 1. The van der Waals surface area contributed by atoms with Gasteiger partial charge in [0.25, 0.3) is 0 Å². The van der Waals surface area contributed by atoms with Crippen molar-refractivity contribution >= 4 is 0 Å². The molecule has 0 aliphatic heterocycles. The highest BCUT2D eigenvalue weighted by Gasteiger charge is 2.01. The van der Waals surface area contributed by atoms with E-state index in [9.17, 15) is 0 Å². The molecule has 1 heterocycles. The van der Waals surface area contributed by atoms with E-state index in [1.807, 2.05) is 12.3 Å². The van der Waals surface area contributed by atoms with Crippen LogP contribution >= 0.6 is 0 Å². The van der Waals surface area contributed by atoms with E-state index in [1.54, 1.807) is 0 Å². The number of unbranched alkanes of at least 4 members (excludes halogenated alkanes) is 2. The zero-order valence-corrected chi connectivity index (χ0v) is 12.5. The highest BCUT2D eigenvalue weighted by molar-refractivity contribution is 5.61. The van der Waals surface area contributed by atoms with Gasteiger partial charge in [0.1, 0.15) is 0 Å². The molecule has 3 heteroatoms. The molecule has 0 bridgehead atoms. The van der Waals surface area contributed by atoms with E-state index in [0.717, 1.165) is 13.1 Å². The molecule has 0 radical (unpaired) electrons. The van der Waals surface area contributed by atoms with Gasteiger partial charge in [-0.1, -0.05) is 50.6 Å². The molecule has 3 nitrogen and oxygen atoms in total. The van der Waals surface area contributed by atoms with Crippen molar-refractivity contribution < 1.29 is 0 Å². The van der Waals surface area contributed by atoms with Crippen LogP contribution in [0.1, 0.15) is 33.1 Å². The zero-order chi connectivity index (χ0) is 14.2. The molecule has 0 aliphatic carbocycles. The van der Waals surface area contributed by atoms with Gasteiger partial charge >= 0.3 is 0 Å². The molecular formula is C17H25N3. The molecule has 0 amide bonds. The Labute approximate surface area is 122 Å². The van der Waals surface area contributed by atoms with Gasteiger partial charge < -0.3 is 5.32 Å². The van der Waals surface area contributed by atoms with Gasteiger partial charge in [-0.25, -0.2) is 0 Å². The Morgan fingerprint density at radius 3 is 2.60 bits per heavy atom. The zero-order valence-electron chi connectivity index (χ0n) is 12.5. The lowest BCUT2D eigenvalue weighted by Gasteiger charge is -2.07. The summed E-state index contributed by atoms with van der Waals surface area (Å²) in [7, 11) is 0. The second-order valence-electron chi connectivity index (χ2n) is 5.53. The average molecular weight is 271 g/mol. The molecule has 20 heavy (non-hydrogen) atoms. The fourth-order valence-corrected chi connectivity index (χ4v) is 2.23. The molecule has 1 aromatic heterocycles. The van der Waals surface area contributed by atoms with Gasteiger partial charge in [0.05, 0.1) is 6.20 Å². The first-order chi connectivity index (χ1) is 9.75. The van der Waals surface area contributed by atoms with Gasteiger partial charge in [-0.05, 0) is 24.9 Å². The molecule has 0 atom stereocenters. The molecule has 0 spiro atoms. The highest BCUT2D eigenvalue weighted by atomic mass is 15.3. The van der Waals surface area contributed by atoms with Gasteiger partial charge in [-0.3, -0.25) is 4.68 Å². The van der Waals surface area contributed by atoms with Gasteiger partial charge in [-0.15, -0.1) is 0 Å². The first-order valence-corrected chi connectivity index (χ1v) is 7.57. The summed E-state index contributed by atoms with van der Waals surface area (Å²) in [5.41, 5.74) is 2.44. The maximum absolute atomic E-state index is 4.44. The van der Waals surface area contributed by atoms with Gasteiger partial charge in [-0.2, -0.15) is 5.10 Å². The highest BCUT2D eigenvalue weighted by Crippen LogP contribution is 2.17. The average Bonchev–Trinajstić information content (AvgIpc) is 2.92. The molecule has 1 aromatic carbocycles. The smallest absolute Gasteiger partial charge is 0.0568 e. The molecule has 2 aromatic rings. The van der Waals surface area contributed by atoms with Crippen LogP contribution < -0.4 is 5.32 Å². The Morgan fingerprint density at radius 2 is 1.85 bits per heavy atom. The minimum absolute atomic E-state index is 0.592. The Balaban J connectivity index is 1.71. The van der Waals surface area contributed by atoms with E-state index < -0.39 is 0 Å². The number of aromatic nitrogens is 2. The lowest BCUT2D eigenvalue weighted by molar-refractivity contribution is 0.511. The topological polar surface area (TPSA) is 29.9 Å². The lowest BCUT2D eigenvalue weighted by atomic mass is 10.1.